The van der Waals surface area contributed by atoms with Gasteiger partial charge in [0.1, 0.15) is 0 Å². The lowest BCUT2D eigenvalue weighted by Crippen LogP contribution is -1.99. The Morgan fingerprint density at radius 1 is 0.735 bits per heavy atom. The van der Waals surface area contributed by atoms with Crippen molar-refractivity contribution in [2.75, 3.05) is 0 Å². The van der Waals surface area contributed by atoms with Crippen LogP contribution >= 0.6 is 34.0 Å². The third-order valence-corrected chi connectivity index (χ3v) is 9.66. The Labute approximate surface area is 218 Å². The van der Waals surface area contributed by atoms with E-state index < -0.39 is 0 Å². The van der Waals surface area contributed by atoms with Crippen molar-refractivity contribution in [2.24, 2.45) is 11.8 Å². The molecule has 1 aliphatic carbocycles. The molecule has 34 heavy (non-hydrogen) atoms. The van der Waals surface area contributed by atoms with Gasteiger partial charge in [-0.3, -0.25) is 0 Å². The molecule has 0 aromatic carbocycles. The molecule has 1 atom stereocenters. The third kappa shape index (κ3) is 6.63. The van der Waals surface area contributed by atoms with Gasteiger partial charge in [0, 0.05) is 30.7 Å². The zero-order valence-corrected chi connectivity index (χ0v) is 23.4. The van der Waals surface area contributed by atoms with Crippen molar-refractivity contribution in [1.29, 1.82) is 0 Å². The van der Waals surface area contributed by atoms with Gasteiger partial charge in [-0.1, -0.05) is 63.6 Å². The lowest BCUT2D eigenvalue weighted by Gasteiger charge is -2.17. The first-order valence-corrected chi connectivity index (χ1v) is 15.2. The van der Waals surface area contributed by atoms with E-state index in [9.17, 15) is 0 Å². The van der Waals surface area contributed by atoms with Gasteiger partial charge in [-0.05, 0) is 90.6 Å². The minimum atomic E-state index is 0.826. The molecular formula is C31H36S3. The molecule has 178 valence electrons. The van der Waals surface area contributed by atoms with Crippen molar-refractivity contribution < 1.29 is 0 Å². The van der Waals surface area contributed by atoms with Gasteiger partial charge in [-0.25, -0.2) is 0 Å². The Bertz CT molecular complexity index is 1190. The standard InChI is InChI=1S/C31H36S3/c1-22(2)8-5-9-23(3)12-13-25-14-15-26(34-25)16-17-27-24(4)28(30-10-6-20-32-30)18-19-29(27)31-11-7-21-33-31/h6-7,10-11,14-15,20-23H,5,8-9,12-13,16-17H2,1-4H3. The van der Waals surface area contributed by atoms with Crippen LogP contribution in [0.4, 0.5) is 0 Å². The van der Waals surface area contributed by atoms with Crippen molar-refractivity contribution in [3.63, 3.8) is 0 Å². The fourth-order valence-corrected chi connectivity index (χ4v) is 7.16. The Morgan fingerprint density at radius 3 is 2.03 bits per heavy atom. The summed E-state index contributed by atoms with van der Waals surface area (Å²) in [4.78, 5) is 5.64. The van der Waals surface area contributed by atoms with E-state index in [4.69, 9.17) is 0 Å². The summed E-state index contributed by atoms with van der Waals surface area (Å²) in [7, 11) is 0. The first-order valence-electron chi connectivity index (χ1n) is 12.6. The molecule has 4 rings (SSSR count). The second-order valence-corrected chi connectivity index (χ2v) is 13.0. The van der Waals surface area contributed by atoms with Crippen LogP contribution in [0, 0.1) is 11.8 Å². The molecule has 3 aromatic rings. The summed E-state index contributed by atoms with van der Waals surface area (Å²) in [5.74, 6) is 1.66. The maximum Gasteiger partial charge on any atom is 0.0456 e. The van der Waals surface area contributed by atoms with Crippen LogP contribution in [0.25, 0.3) is 11.1 Å². The van der Waals surface area contributed by atoms with Crippen LogP contribution in [0.1, 0.15) is 79.3 Å². The zero-order chi connectivity index (χ0) is 23.9. The van der Waals surface area contributed by atoms with E-state index in [0.29, 0.717) is 0 Å². The largest absolute Gasteiger partial charge is 0.145 e. The highest BCUT2D eigenvalue weighted by atomic mass is 32.1. The summed E-state index contributed by atoms with van der Waals surface area (Å²) in [6.07, 6.45) is 8.79. The van der Waals surface area contributed by atoms with E-state index in [-0.39, 0.29) is 0 Å². The van der Waals surface area contributed by atoms with Gasteiger partial charge in [-0.2, -0.15) is 0 Å². The first-order chi connectivity index (χ1) is 16.5. The molecule has 3 heterocycles. The first kappa shape index (κ1) is 25.2. The van der Waals surface area contributed by atoms with Crippen molar-refractivity contribution in [3.8, 4) is 0 Å². The molecule has 0 radical (unpaired) electrons. The fourth-order valence-electron chi connectivity index (χ4n) is 4.59. The van der Waals surface area contributed by atoms with Gasteiger partial charge >= 0.3 is 0 Å². The number of thiophene rings is 3. The van der Waals surface area contributed by atoms with Gasteiger partial charge in [-0.15, -0.1) is 34.0 Å². The van der Waals surface area contributed by atoms with Gasteiger partial charge in [0.05, 0.1) is 0 Å². The molecule has 0 bridgehead atoms. The van der Waals surface area contributed by atoms with E-state index >= 15 is 0 Å². The number of rotatable bonds is 12. The van der Waals surface area contributed by atoms with Crippen LogP contribution in [0.2, 0.25) is 0 Å². The van der Waals surface area contributed by atoms with E-state index in [1.165, 1.54) is 69.0 Å². The Balaban J connectivity index is 1.41. The molecule has 0 saturated carbocycles. The van der Waals surface area contributed by atoms with Gasteiger partial charge in [0.25, 0.3) is 0 Å². The minimum Gasteiger partial charge on any atom is -0.145 e. The minimum absolute atomic E-state index is 0.826. The number of hydrogen-bond donors (Lipinski definition) is 0. The van der Waals surface area contributed by atoms with Gasteiger partial charge in [0.2, 0.25) is 0 Å². The van der Waals surface area contributed by atoms with E-state index in [0.717, 1.165) is 24.7 Å². The summed E-state index contributed by atoms with van der Waals surface area (Å²) in [5, 5.41) is 4.30. The highest BCUT2D eigenvalue weighted by Crippen LogP contribution is 2.39. The van der Waals surface area contributed by atoms with Crippen molar-refractivity contribution >= 4 is 45.2 Å². The lowest BCUT2D eigenvalue weighted by molar-refractivity contribution is 0.438. The molecule has 0 fully saturated rings. The monoisotopic (exact) mass is 504 g/mol. The van der Waals surface area contributed by atoms with Crippen LogP contribution in [0.5, 0.6) is 0 Å². The number of allylic oxidation sites excluding steroid dienone is 4. The normalized spacial score (nSPS) is 14.6. The van der Waals surface area contributed by atoms with E-state index in [2.05, 4.69) is 86.3 Å². The maximum atomic E-state index is 3.53. The van der Waals surface area contributed by atoms with Crippen LogP contribution in [0.3, 0.4) is 0 Å². The molecule has 0 aliphatic heterocycles. The second-order valence-electron chi connectivity index (χ2n) is 9.89. The van der Waals surface area contributed by atoms with Crippen LogP contribution in [0.15, 0.2) is 69.8 Å². The lowest BCUT2D eigenvalue weighted by atomic mass is 9.89. The Hall–Kier alpha value is -1.86. The highest BCUT2D eigenvalue weighted by Gasteiger charge is 2.19. The smallest absolute Gasteiger partial charge is 0.0456 e. The van der Waals surface area contributed by atoms with Gasteiger partial charge < -0.3 is 0 Å². The molecule has 3 aromatic heterocycles. The average molecular weight is 505 g/mol. The third-order valence-electron chi connectivity index (χ3n) is 6.68. The second kappa shape index (κ2) is 12.2. The van der Waals surface area contributed by atoms with E-state index in [1.54, 1.807) is 27.6 Å². The SMILES string of the molecule is CC1=C(CCc2ccc(CCC(C)CCCC(C)C)s2)C(c2cccs2)=C=C=C1c1cccs1. The fraction of sp³-hybridized carbons (Fsp3) is 0.419. The average Bonchev–Trinajstić information content (AvgIpc) is 3.59. The van der Waals surface area contributed by atoms with E-state index in [1.807, 2.05) is 11.3 Å². The summed E-state index contributed by atoms with van der Waals surface area (Å²) in [5.41, 5.74) is 12.2. The predicted molar refractivity (Wildman–Crippen MR) is 154 cm³/mol. The van der Waals surface area contributed by atoms with Crippen molar-refractivity contribution in [3.05, 3.63) is 89.3 Å². The number of aryl methyl sites for hydroxylation is 2. The summed E-state index contributed by atoms with van der Waals surface area (Å²) >= 11 is 5.61. The van der Waals surface area contributed by atoms with Crippen molar-refractivity contribution in [1.82, 2.24) is 0 Å². The molecule has 0 N–H and O–H groups in total. The summed E-state index contributed by atoms with van der Waals surface area (Å²) < 4.78 is 0. The molecule has 1 aliphatic rings. The molecule has 0 saturated heterocycles. The summed E-state index contributed by atoms with van der Waals surface area (Å²) in [6.45, 7) is 9.36. The Kier molecular flexibility index (Phi) is 9.06. The summed E-state index contributed by atoms with van der Waals surface area (Å²) in [6, 6.07) is 13.4. The van der Waals surface area contributed by atoms with Crippen molar-refractivity contribution in [2.45, 2.75) is 72.6 Å². The van der Waals surface area contributed by atoms with Gasteiger partial charge in [0.15, 0.2) is 0 Å². The quantitative estimate of drug-likeness (QED) is 0.215. The predicted octanol–water partition coefficient (Wildman–Crippen LogP) is 10.4. The molecule has 0 spiro atoms. The molecule has 3 heteroatoms. The molecule has 0 amide bonds. The topological polar surface area (TPSA) is 0 Å². The van der Waals surface area contributed by atoms with Crippen LogP contribution in [-0.2, 0) is 12.8 Å². The Morgan fingerprint density at radius 2 is 1.38 bits per heavy atom. The molecular weight excluding hydrogens is 469 g/mol. The maximum absolute atomic E-state index is 3.53. The number of hydrogen-bond acceptors (Lipinski definition) is 3. The molecule has 0 nitrogen and oxygen atoms in total. The molecule has 1 unspecified atom stereocenters. The van der Waals surface area contributed by atoms with Crippen LogP contribution < -0.4 is 0 Å². The highest BCUT2D eigenvalue weighted by molar-refractivity contribution is 7.12. The van der Waals surface area contributed by atoms with Crippen LogP contribution in [-0.4, -0.2) is 0 Å². The zero-order valence-electron chi connectivity index (χ0n) is 20.9.